The van der Waals surface area contributed by atoms with Gasteiger partial charge in [-0.3, -0.25) is 4.98 Å². The molecule has 0 aromatic carbocycles. The Morgan fingerprint density at radius 1 is 1.30 bits per heavy atom. The molecule has 3 heterocycles. The van der Waals surface area contributed by atoms with E-state index >= 15 is 0 Å². The second-order valence-electron chi connectivity index (χ2n) is 5.97. The lowest BCUT2D eigenvalue weighted by Crippen LogP contribution is -2.33. The van der Waals surface area contributed by atoms with E-state index in [0.29, 0.717) is 25.0 Å². The molecule has 1 atom stereocenters. The third-order valence-corrected chi connectivity index (χ3v) is 3.76. The Kier molecular flexibility index (Phi) is 4.54. The van der Waals surface area contributed by atoms with E-state index in [4.69, 9.17) is 13.9 Å². The Bertz CT molecular complexity index is 688. The summed E-state index contributed by atoms with van der Waals surface area (Å²) >= 11 is 0. The van der Waals surface area contributed by atoms with Crippen LogP contribution in [-0.4, -0.2) is 34.5 Å². The average Bonchev–Trinajstić information content (AvgIpc) is 3.16. The van der Waals surface area contributed by atoms with Gasteiger partial charge in [0.1, 0.15) is 0 Å². The summed E-state index contributed by atoms with van der Waals surface area (Å²) in [5.74, 6) is 0.924. The molecule has 0 saturated carbocycles. The van der Waals surface area contributed by atoms with E-state index < -0.39 is 5.60 Å². The number of aryl methyl sites for hydroxylation is 1. The van der Waals surface area contributed by atoms with Gasteiger partial charge in [0.15, 0.2) is 5.60 Å². The van der Waals surface area contributed by atoms with Gasteiger partial charge in [-0.15, -0.1) is 10.2 Å². The standard InChI is InChI=1S/C17H21N3O3/c1-12(2)23-17(7-9-21-11-17)16-20-19-15(22-16)5-4-14-10-18-8-6-13(14)3/h4-6,8,10,12H,7,9,11H2,1-3H3/b5-4+. The number of aromatic nitrogens is 3. The summed E-state index contributed by atoms with van der Waals surface area (Å²) in [5.41, 5.74) is 1.53. The number of hydrogen-bond donors (Lipinski definition) is 0. The second-order valence-corrected chi connectivity index (χ2v) is 5.97. The Morgan fingerprint density at radius 3 is 2.87 bits per heavy atom. The number of pyridine rings is 1. The monoisotopic (exact) mass is 315 g/mol. The highest BCUT2D eigenvalue weighted by Crippen LogP contribution is 2.35. The maximum atomic E-state index is 6.02. The molecule has 0 spiro atoms. The summed E-state index contributed by atoms with van der Waals surface area (Å²) in [4.78, 5) is 4.12. The van der Waals surface area contributed by atoms with Crippen LogP contribution < -0.4 is 0 Å². The van der Waals surface area contributed by atoms with Crippen LogP contribution in [0.1, 0.15) is 43.2 Å². The Labute approximate surface area is 135 Å². The fraction of sp³-hybridized carbons (Fsp3) is 0.471. The maximum Gasteiger partial charge on any atom is 0.251 e. The van der Waals surface area contributed by atoms with Gasteiger partial charge in [-0.1, -0.05) is 0 Å². The minimum Gasteiger partial charge on any atom is -0.418 e. The van der Waals surface area contributed by atoms with Crippen molar-refractivity contribution in [2.75, 3.05) is 13.2 Å². The summed E-state index contributed by atoms with van der Waals surface area (Å²) in [7, 11) is 0. The van der Waals surface area contributed by atoms with Crippen LogP contribution in [0.5, 0.6) is 0 Å². The van der Waals surface area contributed by atoms with Crippen LogP contribution in [0.25, 0.3) is 12.2 Å². The van der Waals surface area contributed by atoms with Gasteiger partial charge >= 0.3 is 0 Å². The smallest absolute Gasteiger partial charge is 0.251 e. The van der Waals surface area contributed by atoms with Crippen molar-refractivity contribution in [3.63, 3.8) is 0 Å². The zero-order valence-electron chi connectivity index (χ0n) is 13.7. The SMILES string of the molecule is Cc1ccncc1/C=C/c1nnc(C2(OC(C)C)CCOC2)o1. The molecule has 0 amide bonds. The zero-order chi connectivity index (χ0) is 16.3. The van der Waals surface area contributed by atoms with Gasteiger partial charge < -0.3 is 13.9 Å². The molecule has 2 aromatic rings. The van der Waals surface area contributed by atoms with Crippen LogP contribution in [-0.2, 0) is 15.1 Å². The third kappa shape index (κ3) is 3.48. The molecule has 6 nitrogen and oxygen atoms in total. The predicted molar refractivity (Wildman–Crippen MR) is 85.5 cm³/mol. The molecule has 1 aliphatic rings. The molecule has 0 aliphatic carbocycles. The maximum absolute atomic E-state index is 6.02. The molecular weight excluding hydrogens is 294 g/mol. The molecule has 1 aliphatic heterocycles. The van der Waals surface area contributed by atoms with Gasteiger partial charge in [-0.2, -0.15) is 0 Å². The van der Waals surface area contributed by atoms with Gasteiger partial charge in [-0.05, 0) is 44.0 Å². The Balaban J connectivity index is 1.81. The first-order chi connectivity index (χ1) is 11.1. The van der Waals surface area contributed by atoms with Gasteiger partial charge in [0.25, 0.3) is 5.89 Å². The first kappa shape index (κ1) is 15.8. The molecule has 1 saturated heterocycles. The van der Waals surface area contributed by atoms with E-state index in [9.17, 15) is 0 Å². The minimum atomic E-state index is -0.628. The van der Waals surface area contributed by atoms with Crippen molar-refractivity contribution < 1.29 is 13.9 Å². The van der Waals surface area contributed by atoms with E-state index in [1.807, 2.05) is 32.9 Å². The Hall–Kier alpha value is -2.05. The van der Waals surface area contributed by atoms with Crippen molar-refractivity contribution >= 4 is 12.2 Å². The lowest BCUT2D eigenvalue weighted by molar-refractivity contribution is -0.102. The van der Waals surface area contributed by atoms with Crippen molar-refractivity contribution in [1.82, 2.24) is 15.2 Å². The van der Waals surface area contributed by atoms with E-state index in [-0.39, 0.29) is 6.10 Å². The van der Waals surface area contributed by atoms with Crippen LogP contribution in [0, 0.1) is 6.92 Å². The van der Waals surface area contributed by atoms with Crippen LogP contribution >= 0.6 is 0 Å². The predicted octanol–water partition coefficient (Wildman–Crippen LogP) is 2.98. The molecule has 6 heteroatoms. The largest absolute Gasteiger partial charge is 0.418 e. The first-order valence-corrected chi connectivity index (χ1v) is 7.77. The van der Waals surface area contributed by atoms with Crippen LogP contribution in [0.15, 0.2) is 22.9 Å². The molecular formula is C17H21N3O3. The molecule has 3 rings (SSSR count). The van der Waals surface area contributed by atoms with Crippen molar-refractivity contribution in [2.24, 2.45) is 0 Å². The van der Waals surface area contributed by atoms with E-state index in [0.717, 1.165) is 17.5 Å². The van der Waals surface area contributed by atoms with E-state index in [1.54, 1.807) is 18.5 Å². The van der Waals surface area contributed by atoms with Crippen LogP contribution in [0.2, 0.25) is 0 Å². The highest BCUT2D eigenvalue weighted by Gasteiger charge is 2.43. The molecule has 1 fully saturated rings. The lowest BCUT2D eigenvalue weighted by Gasteiger charge is -2.26. The first-order valence-electron chi connectivity index (χ1n) is 7.77. The normalized spacial score (nSPS) is 21.6. The zero-order valence-corrected chi connectivity index (χ0v) is 13.7. The van der Waals surface area contributed by atoms with Crippen molar-refractivity contribution in [3.05, 3.63) is 41.4 Å². The Morgan fingerprint density at radius 2 is 2.17 bits per heavy atom. The summed E-state index contributed by atoms with van der Waals surface area (Å²) in [5, 5.41) is 8.27. The molecule has 1 unspecified atom stereocenters. The summed E-state index contributed by atoms with van der Waals surface area (Å²) in [6, 6.07) is 1.96. The molecule has 23 heavy (non-hydrogen) atoms. The van der Waals surface area contributed by atoms with Gasteiger partial charge in [0.05, 0.1) is 19.3 Å². The molecule has 2 aromatic heterocycles. The summed E-state index contributed by atoms with van der Waals surface area (Å²) in [6.45, 7) is 7.08. The lowest BCUT2D eigenvalue weighted by atomic mass is 10.0. The summed E-state index contributed by atoms with van der Waals surface area (Å²) < 4.78 is 17.3. The van der Waals surface area contributed by atoms with Gasteiger partial charge in [0.2, 0.25) is 5.89 Å². The van der Waals surface area contributed by atoms with Gasteiger partial charge in [-0.25, -0.2) is 0 Å². The number of hydrogen-bond acceptors (Lipinski definition) is 6. The topological polar surface area (TPSA) is 70.3 Å². The highest BCUT2D eigenvalue weighted by molar-refractivity contribution is 5.67. The molecule has 0 N–H and O–H groups in total. The van der Waals surface area contributed by atoms with E-state index in [1.165, 1.54) is 0 Å². The molecule has 0 bridgehead atoms. The van der Waals surface area contributed by atoms with Crippen molar-refractivity contribution in [2.45, 2.75) is 38.9 Å². The van der Waals surface area contributed by atoms with Crippen LogP contribution in [0.4, 0.5) is 0 Å². The quantitative estimate of drug-likeness (QED) is 0.845. The van der Waals surface area contributed by atoms with Crippen molar-refractivity contribution in [1.29, 1.82) is 0 Å². The fourth-order valence-corrected chi connectivity index (χ4v) is 2.61. The third-order valence-electron chi connectivity index (χ3n) is 3.76. The van der Waals surface area contributed by atoms with E-state index in [2.05, 4.69) is 15.2 Å². The minimum absolute atomic E-state index is 0.0561. The number of ether oxygens (including phenoxy) is 2. The number of nitrogens with zero attached hydrogens (tertiary/aromatic N) is 3. The summed E-state index contributed by atoms with van der Waals surface area (Å²) in [6.07, 6.45) is 8.06. The average molecular weight is 315 g/mol. The number of rotatable bonds is 5. The van der Waals surface area contributed by atoms with Crippen LogP contribution in [0.3, 0.4) is 0 Å². The van der Waals surface area contributed by atoms with Crippen molar-refractivity contribution in [3.8, 4) is 0 Å². The highest BCUT2D eigenvalue weighted by atomic mass is 16.6. The molecule has 122 valence electrons. The fourth-order valence-electron chi connectivity index (χ4n) is 2.61. The van der Waals surface area contributed by atoms with Gasteiger partial charge in [0, 0.05) is 24.9 Å². The molecule has 0 radical (unpaired) electrons. The second kappa shape index (κ2) is 6.60.